The molecule has 8 aromatic rings. The summed E-state index contributed by atoms with van der Waals surface area (Å²) in [5, 5.41) is 2.44. The summed E-state index contributed by atoms with van der Waals surface area (Å²) in [6, 6.07) is 60.8. The Balaban J connectivity index is 1.08. The number of para-hydroxylation sites is 3. The van der Waals surface area contributed by atoms with Gasteiger partial charge in [0.05, 0.1) is 11.4 Å². The van der Waals surface area contributed by atoms with Gasteiger partial charge >= 0.3 is 0 Å². The summed E-state index contributed by atoms with van der Waals surface area (Å²) in [7, 11) is 0. The van der Waals surface area contributed by atoms with E-state index in [1.807, 2.05) is 11.8 Å². The van der Waals surface area contributed by atoms with Gasteiger partial charge in [-0.25, -0.2) is 0 Å². The molecule has 0 amide bonds. The summed E-state index contributed by atoms with van der Waals surface area (Å²) < 4.78 is 6.40. The first kappa shape index (κ1) is 30.3. The van der Waals surface area contributed by atoms with Gasteiger partial charge in [-0.1, -0.05) is 120 Å². The topological polar surface area (TPSA) is 15.7 Å². The molecule has 1 unspecified atom stereocenters. The number of fused-ring (bicyclic) bond motifs is 8. The van der Waals surface area contributed by atoms with Crippen LogP contribution in [0.25, 0.3) is 21.9 Å². The van der Waals surface area contributed by atoms with E-state index in [0.29, 0.717) is 0 Å². The molecule has 3 nitrogen and oxygen atoms in total. The van der Waals surface area contributed by atoms with Gasteiger partial charge in [0.1, 0.15) is 11.9 Å². The van der Waals surface area contributed by atoms with Crippen LogP contribution in [0.1, 0.15) is 22.8 Å². The number of anilines is 6. The van der Waals surface area contributed by atoms with E-state index in [1.54, 1.807) is 0 Å². The SMILES string of the molecule is Cc1ccc2c(c1)B1c3cccc4c3N(c3ccccc3S4)c3cc(-c4ccccc4)cc(c31)N2c1ccc2cc(C3Cc4ccccc4O3)ccc2c1. The maximum Gasteiger partial charge on any atom is 0.252 e. The van der Waals surface area contributed by atoms with Crippen LogP contribution in [-0.4, -0.2) is 6.71 Å². The Bertz CT molecular complexity index is 2850. The molecule has 54 heavy (non-hydrogen) atoms. The lowest BCUT2D eigenvalue weighted by Gasteiger charge is -2.46. The van der Waals surface area contributed by atoms with Crippen molar-refractivity contribution < 1.29 is 4.74 Å². The molecule has 4 heterocycles. The van der Waals surface area contributed by atoms with Crippen LogP contribution in [0, 0.1) is 6.92 Å². The number of nitrogens with zero attached hydrogens (tertiary/aromatic N) is 2. The molecule has 0 saturated heterocycles. The van der Waals surface area contributed by atoms with Crippen molar-refractivity contribution in [2.24, 2.45) is 0 Å². The first-order chi connectivity index (χ1) is 26.7. The summed E-state index contributed by atoms with van der Waals surface area (Å²) in [5.74, 6) is 1.00. The number of benzene rings is 8. The van der Waals surface area contributed by atoms with Gasteiger partial charge in [0, 0.05) is 39.0 Å². The number of ether oxygens (including phenoxy) is 1. The van der Waals surface area contributed by atoms with E-state index in [4.69, 9.17) is 4.74 Å². The minimum absolute atomic E-state index is 0.0366. The average molecular weight is 709 g/mol. The van der Waals surface area contributed by atoms with E-state index in [9.17, 15) is 0 Å². The molecular weight excluding hydrogens is 675 g/mol. The minimum Gasteiger partial charge on any atom is -0.485 e. The van der Waals surface area contributed by atoms with Crippen LogP contribution in [0.2, 0.25) is 0 Å². The van der Waals surface area contributed by atoms with Gasteiger partial charge in [-0.15, -0.1) is 0 Å². The second-order valence-corrected chi connectivity index (χ2v) is 16.0. The maximum absolute atomic E-state index is 6.40. The van der Waals surface area contributed by atoms with Gasteiger partial charge in [-0.3, -0.25) is 0 Å². The van der Waals surface area contributed by atoms with Crippen molar-refractivity contribution in [1.82, 2.24) is 0 Å². The van der Waals surface area contributed by atoms with Crippen LogP contribution in [0.3, 0.4) is 0 Å². The Kier molecular flexibility index (Phi) is 6.41. The summed E-state index contributed by atoms with van der Waals surface area (Å²) in [4.78, 5) is 7.67. The molecule has 12 rings (SSSR count). The molecule has 1 atom stereocenters. The Hall–Kier alpha value is -6.17. The molecule has 5 heteroatoms. The predicted octanol–water partition coefficient (Wildman–Crippen LogP) is 11.0. The fourth-order valence-electron chi connectivity index (χ4n) is 9.35. The zero-order valence-corrected chi connectivity index (χ0v) is 30.5. The van der Waals surface area contributed by atoms with E-state index in [2.05, 4.69) is 181 Å². The van der Waals surface area contributed by atoms with Crippen molar-refractivity contribution >= 4 is 79.8 Å². The summed E-state index contributed by atoms with van der Waals surface area (Å²) >= 11 is 1.89. The van der Waals surface area contributed by atoms with Gasteiger partial charge < -0.3 is 14.5 Å². The molecule has 0 fully saturated rings. The standard InChI is InChI=1S/C49H33BN2OS/c1-30-18-23-40-39(24-30)50-38-13-9-17-47-49(38)52(41-14-6-8-16-46(41)54-47)43-28-36(31-10-3-2-4-11-31)27-42(48(43)50)51(40)37-22-21-32-25-35(20-19-33(32)26-37)45-29-34-12-5-7-15-44(34)53-45/h2-28,45H,29H2,1H3. The molecule has 8 aromatic carbocycles. The van der Waals surface area contributed by atoms with Gasteiger partial charge in [-0.05, 0) is 117 Å². The maximum atomic E-state index is 6.40. The largest absolute Gasteiger partial charge is 0.485 e. The smallest absolute Gasteiger partial charge is 0.252 e. The Morgan fingerprint density at radius 3 is 2.26 bits per heavy atom. The van der Waals surface area contributed by atoms with Gasteiger partial charge in [0.25, 0.3) is 6.71 Å². The highest BCUT2D eigenvalue weighted by atomic mass is 32.2. The molecule has 4 aliphatic rings. The third-order valence-electron chi connectivity index (χ3n) is 11.8. The molecule has 4 aliphatic heterocycles. The number of hydrogen-bond acceptors (Lipinski definition) is 4. The van der Waals surface area contributed by atoms with E-state index in [0.717, 1.165) is 17.9 Å². The van der Waals surface area contributed by atoms with Crippen LogP contribution in [0.15, 0.2) is 174 Å². The lowest BCUT2D eigenvalue weighted by atomic mass is 9.33. The fraction of sp³-hybridized carbons (Fsp3) is 0.0612. The van der Waals surface area contributed by atoms with Gasteiger partial charge in [-0.2, -0.15) is 0 Å². The Morgan fingerprint density at radius 1 is 0.574 bits per heavy atom. The summed E-state index contributed by atoms with van der Waals surface area (Å²) in [6.07, 6.45) is 0.938. The molecule has 0 aliphatic carbocycles. The van der Waals surface area contributed by atoms with E-state index in [1.165, 1.54) is 93.2 Å². The summed E-state index contributed by atoms with van der Waals surface area (Å²) in [6.45, 7) is 2.32. The number of aryl methyl sites for hydroxylation is 1. The van der Waals surface area contributed by atoms with E-state index in [-0.39, 0.29) is 12.8 Å². The van der Waals surface area contributed by atoms with Gasteiger partial charge in [0.2, 0.25) is 0 Å². The monoisotopic (exact) mass is 708 g/mol. The average Bonchev–Trinajstić information content (AvgIpc) is 3.66. The normalized spacial score (nSPS) is 15.6. The van der Waals surface area contributed by atoms with Crippen LogP contribution >= 0.6 is 11.8 Å². The van der Waals surface area contributed by atoms with E-state index >= 15 is 0 Å². The molecule has 0 aromatic heterocycles. The quantitative estimate of drug-likeness (QED) is 0.170. The lowest BCUT2D eigenvalue weighted by molar-refractivity contribution is 0.239. The van der Waals surface area contributed by atoms with Crippen molar-refractivity contribution in [1.29, 1.82) is 0 Å². The number of hydrogen-bond donors (Lipinski definition) is 0. The van der Waals surface area contributed by atoms with Gasteiger partial charge in [0.15, 0.2) is 0 Å². The fourth-order valence-corrected chi connectivity index (χ4v) is 10.5. The molecule has 0 saturated carbocycles. The second-order valence-electron chi connectivity index (χ2n) is 14.9. The first-order valence-electron chi connectivity index (χ1n) is 18.8. The molecule has 254 valence electrons. The zero-order valence-electron chi connectivity index (χ0n) is 29.7. The van der Waals surface area contributed by atoms with Crippen LogP contribution < -0.4 is 30.9 Å². The van der Waals surface area contributed by atoms with Crippen LogP contribution in [0.5, 0.6) is 5.75 Å². The second kappa shape index (κ2) is 11.4. The first-order valence-corrected chi connectivity index (χ1v) is 19.6. The molecule has 0 N–H and O–H groups in total. The van der Waals surface area contributed by atoms with Crippen molar-refractivity contribution in [2.45, 2.75) is 29.2 Å². The van der Waals surface area contributed by atoms with E-state index < -0.39 is 0 Å². The number of rotatable bonds is 3. The minimum atomic E-state index is 0.0366. The Labute approximate surface area is 319 Å². The van der Waals surface area contributed by atoms with Crippen LogP contribution in [0.4, 0.5) is 34.1 Å². The molecule has 0 radical (unpaired) electrons. The molecular formula is C49H33BN2OS. The third kappa shape index (κ3) is 4.39. The predicted molar refractivity (Wildman–Crippen MR) is 226 cm³/mol. The van der Waals surface area contributed by atoms with Crippen LogP contribution in [-0.2, 0) is 6.42 Å². The highest BCUT2D eigenvalue weighted by Gasteiger charge is 2.45. The van der Waals surface area contributed by atoms with Crippen molar-refractivity contribution in [3.63, 3.8) is 0 Å². The van der Waals surface area contributed by atoms with Crippen molar-refractivity contribution in [3.8, 4) is 16.9 Å². The molecule has 0 spiro atoms. The zero-order chi connectivity index (χ0) is 35.5. The highest BCUT2D eigenvalue weighted by Crippen LogP contribution is 2.54. The molecule has 0 bridgehead atoms. The van der Waals surface area contributed by atoms with Crippen molar-refractivity contribution in [3.05, 3.63) is 180 Å². The Morgan fingerprint density at radius 2 is 1.35 bits per heavy atom. The lowest BCUT2D eigenvalue weighted by Crippen LogP contribution is -2.61. The van der Waals surface area contributed by atoms with Crippen molar-refractivity contribution in [2.75, 3.05) is 9.80 Å². The highest BCUT2D eigenvalue weighted by molar-refractivity contribution is 7.99. The summed E-state index contributed by atoms with van der Waals surface area (Å²) in [5.41, 5.74) is 17.7. The third-order valence-corrected chi connectivity index (χ3v) is 12.9.